The Morgan fingerprint density at radius 3 is 2.84 bits per heavy atom. The number of benzene rings is 2. The first-order chi connectivity index (χ1) is 12.1. The summed E-state index contributed by atoms with van der Waals surface area (Å²) in [6.45, 7) is 1.99. The first kappa shape index (κ1) is 15.3. The highest BCUT2D eigenvalue weighted by atomic mass is 35.5. The van der Waals surface area contributed by atoms with Crippen LogP contribution in [0.5, 0.6) is 0 Å². The highest BCUT2D eigenvalue weighted by molar-refractivity contribution is 6.31. The molecule has 0 aliphatic heterocycles. The molecule has 0 aliphatic carbocycles. The number of carbonyl (C=O) groups excluding carboxylic acids is 1. The molecular weight excluding hydrogens is 340 g/mol. The minimum Gasteiger partial charge on any atom is -0.350 e. The number of anilines is 1. The van der Waals surface area contributed by atoms with E-state index in [9.17, 15) is 4.79 Å². The molecule has 25 heavy (non-hydrogen) atoms. The van der Waals surface area contributed by atoms with Gasteiger partial charge >= 0.3 is 0 Å². The zero-order chi connectivity index (χ0) is 17.4. The molecule has 124 valence electrons. The average molecular weight is 353 g/mol. The lowest BCUT2D eigenvalue weighted by Crippen LogP contribution is -2.13. The third-order valence-corrected chi connectivity index (χ3v) is 4.16. The van der Waals surface area contributed by atoms with Crippen molar-refractivity contribution < 1.29 is 4.79 Å². The van der Waals surface area contributed by atoms with Crippen LogP contribution in [0.1, 0.15) is 16.1 Å². The Labute approximate surface area is 147 Å². The van der Waals surface area contributed by atoms with Gasteiger partial charge in [-0.3, -0.25) is 4.79 Å². The number of hydrogen-bond acceptors (Lipinski definition) is 4. The smallest absolute Gasteiger partial charge is 0.272 e. The number of H-pyrrole nitrogens is 2. The lowest BCUT2D eigenvalue weighted by Gasteiger charge is -2.08. The molecule has 4 aromatic rings. The van der Waals surface area contributed by atoms with E-state index in [2.05, 4.69) is 30.9 Å². The Balaban J connectivity index is 1.70. The molecule has 2 aromatic carbocycles. The summed E-state index contributed by atoms with van der Waals surface area (Å²) in [6.07, 6.45) is 0. The lowest BCUT2D eigenvalue weighted by molar-refractivity contribution is 0.102. The van der Waals surface area contributed by atoms with Crippen LogP contribution in [0.2, 0.25) is 5.02 Å². The maximum absolute atomic E-state index is 12.7. The van der Waals surface area contributed by atoms with Crippen molar-refractivity contribution in [3.8, 4) is 11.4 Å². The monoisotopic (exact) mass is 352 g/mol. The number of rotatable bonds is 3. The van der Waals surface area contributed by atoms with Crippen molar-refractivity contribution in [1.29, 1.82) is 0 Å². The number of nitrogens with zero attached hydrogens (tertiary/aromatic N) is 3. The van der Waals surface area contributed by atoms with Crippen molar-refractivity contribution in [2.24, 2.45) is 0 Å². The molecule has 0 bridgehead atoms. The number of fused-ring (bicyclic) bond motifs is 1. The van der Waals surface area contributed by atoms with E-state index in [1.807, 2.05) is 31.2 Å². The molecule has 0 saturated heterocycles. The second-order valence-electron chi connectivity index (χ2n) is 5.60. The SMILES string of the molecule is Cc1cccc2cc(C(=O)Nc3ccc(Cl)cc3-c3nn[nH]n3)[nH]c12. The van der Waals surface area contributed by atoms with Gasteiger partial charge in [-0.1, -0.05) is 29.8 Å². The summed E-state index contributed by atoms with van der Waals surface area (Å²) < 4.78 is 0. The van der Waals surface area contributed by atoms with Gasteiger partial charge in [-0.2, -0.15) is 5.21 Å². The molecule has 4 rings (SSSR count). The number of aromatic nitrogens is 5. The van der Waals surface area contributed by atoms with Crippen LogP contribution in [0.4, 0.5) is 5.69 Å². The van der Waals surface area contributed by atoms with Gasteiger partial charge in [0.2, 0.25) is 5.82 Å². The van der Waals surface area contributed by atoms with Crippen LogP contribution >= 0.6 is 11.6 Å². The topological polar surface area (TPSA) is 99.3 Å². The van der Waals surface area contributed by atoms with Gasteiger partial charge < -0.3 is 10.3 Å². The Hall–Kier alpha value is -3.19. The van der Waals surface area contributed by atoms with Crippen molar-refractivity contribution in [1.82, 2.24) is 25.6 Å². The fourth-order valence-electron chi connectivity index (χ4n) is 2.71. The van der Waals surface area contributed by atoms with E-state index in [1.165, 1.54) is 0 Å². The fraction of sp³-hybridized carbons (Fsp3) is 0.0588. The summed E-state index contributed by atoms with van der Waals surface area (Å²) in [5.41, 5.74) is 3.63. The predicted molar refractivity (Wildman–Crippen MR) is 95.6 cm³/mol. The van der Waals surface area contributed by atoms with E-state index in [1.54, 1.807) is 18.2 Å². The number of tetrazole rings is 1. The molecule has 0 aliphatic rings. The number of hydrogen-bond donors (Lipinski definition) is 3. The minimum absolute atomic E-state index is 0.261. The van der Waals surface area contributed by atoms with Gasteiger partial charge in [0.15, 0.2) is 0 Å². The zero-order valence-electron chi connectivity index (χ0n) is 13.2. The lowest BCUT2D eigenvalue weighted by atomic mass is 10.1. The summed E-state index contributed by atoms with van der Waals surface area (Å²) in [5.74, 6) is 0.0907. The predicted octanol–water partition coefficient (Wildman–Crippen LogP) is 3.56. The van der Waals surface area contributed by atoms with Crippen molar-refractivity contribution >= 4 is 34.1 Å². The minimum atomic E-state index is -0.261. The highest BCUT2D eigenvalue weighted by Gasteiger charge is 2.15. The van der Waals surface area contributed by atoms with Crippen LogP contribution < -0.4 is 5.32 Å². The van der Waals surface area contributed by atoms with Gasteiger partial charge in [0, 0.05) is 21.5 Å². The van der Waals surface area contributed by atoms with E-state index in [-0.39, 0.29) is 5.91 Å². The van der Waals surface area contributed by atoms with Crippen LogP contribution in [-0.2, 0) is 0 Å². The summed E-state index contributed by atoms with van der Waals surface area (Å²) in [5, 5.41) is 18.2. The van der Waals surface area contributed by atoms with Crippen LogP contribution in [0.25, 0.3) is 22.3 Å². The van der Waals surface area contributed by atoms with E-state index in [0.717, 1.165) is 16.5 Å². The number of aryl methyl sites for hydroxylation is 1. The standard InChI is InChI=1S/C17H13ClN6O/c1-9-3-2-4-10-7-14(19-15(9)10)17(25)20-13-6-5-11(18)8-12(13)16-21-23-24-22-16/h2-8,19H,1H3,(H,20,25)(H,21,22,23,24). The van der Waals surface area contributed by atoms with E-state index >= 15 is 0 Å². The maximum Gasteiger partial charge on any atom is 0.272 e. The van der Waals surface area contributed by atoms with Crippen molar-refractivity contribution in [3.63, 3.8) is 0 Å². The van der Waals surface area contributed by atoms with Crippen LogP contribution in [0, 0.1) is 6.92 Å². The Morgan fingerprint density at radius 1 is 1.20 bits per heavy atom. The Kier molecular flexibility index (Phi) is 3.70. The van der Waals surface area contributed by atoms with E-state index < -0.39 is 0 Å². The molecular formula is C17H13ClN6O. The Morgan fingerprint density at radius 2 is 2.08 bits per heavy atom. The molecule has 8 heteroatoms. The number of amides is 1. The summed E-state index contributed by atoms with van der Waals surface area (Å²) >= 11 is 6.05. The fourth-order valence-corrected chi connectivity index (χ4v) is 2.88. The van der Waals surface area contributed by atoms with Gasteiger partial charge in [-0.15, -0.1) is 10.2 Å². The van der Waals surface area contributed by atoms with Gasteiger partial charge in [0.1, 0.15) is 5.69 Å². The summed E-state index contributed by atoms with van der Waals surface area (Å²) in [4.78, 5) is 15.8. The zero-order valence-corrected chi connectivity index (χ0v) is 13.9. The molecule has 7 nitrogen and oxygen atoms in total. The molecule has 0 atom stereocenters. The van der Waals surface area contributed by atoms with Gasteiger partial charge in [-0.05, 0) is 42.0 Å². The number of para-hydroxylation sites is 1. The molecule has 1 amide bonds. The molecule has 0 fully saturated rings. The quantitative estimate of drug-likeness (QED) is 0.525. The van der Waals surface area contributed by atoms with Crippen molar-refractivity contribution in [3.05, 3.63) is 58.7 Å². The molecule has 0 unspecified atom stereocenters. The highest BCUT2D eigenvalue weighted by Crippen LogP contribution is 2.28. The largest absolute Gasteiger partial charge is 0.350 e. The third-order valence-electron chi connectivity index (χ3n) is 3.93. The number of halogens is 1. The van der Waals surface area contributed by atoms with Crippen LogP contribution in [0.15, 0.2) is 42.5 Å². The van der Waals surface area contributed by atoms with E-state index in [0.29, 0.717) is 27.8 Å². The normalized spacial score (nSPS) is 11.0. The van der Waals surface area contributed by atoms with Crippen LogP contribution in [0.3, 0.4) is 0 Å². The molecule has 0 saturated carbocycles. The molecule has 0 radical (unpaired) electrons. The van der Waals surface area contributed by atoms with E-state index in [4.69, 9.17) is 11.6 Å². The average Bonchev–Trinajstić information content (AvgIpc) is 3.26. The molecule has 0 spiro atoms. The second-order valence-corrected chi connectivity index (χ2v) is 6.04. The first-order valence-corrected chi connectivity index (χ1v) is 7.92. The molecule has 3 N–H and O–H groups in total. The Bertz CT molecular complexity index is 1070. The van der Waals surface area contributed by atoms with Gasteiger partial charge in [0.25, 0.3) is 5.91 Å². The van der Waals surface area contributed by atoms with Gasteiger partial charge in [-0.25, -0.2) is 0 Å². The van der Waals surface area contributed by atoms with Crippen molar-refractivity contribution in [2.45, 2.75) is 6.92 Å². The maximum atomic E-state index is 12.7. The third kappa shape index (κ3) is 2.85. The molecule has 2 aromatic heterocycles. The summed E-state index contributed by atoms with van der Waals surface area (Å²) in [7, 11) is 0. The molecule has 2 heterocycles. The second kappa shape index (κ2) is 6.03. The summed E-state index contributed by atoms with van der Waals surface area (Å²) in [6, 6.07) is 12.8. The van der Waals surface area contributed by atoms with Gasteiger partial charge in [0.05, 0.1) is 5.69 Å². The first-order valence-electron chi connectivity index (χ1n) is 7.55. The van der Waals surface area contributed by atoms with Crippen molar-refractivity contribution in [2.75, 3.05) is 5.32 Å². The number of carbonyl (C=O) groups is 1. The number of aromatic amines is 2. The van der Waals surface area contributed by atoms with Crippen LogP contribution in [-0.4, -0.2) is 31.5 Å². The number of nitrogens with one attached hydrogen (secondary N) is 3.